The van der Waals surface area contributed by atoms with Gasteiger partial charge in [0.1, 0.15) is 10.7 Å². The van der Waals surface area contributed by atoms with Crippen LogP contribution in [0.4, 0.5) is 4.39 Å². The van der Waals surface area contributed by atoms with Crippen LogP contribution < -0.4 is 5.14 Å². The zero-order valence-corrected chi connectivity index (χ0v) is 12.9. The van der Waals surface area contributed by atoms with Gasteiger partial charge in [0.2, 0.25) is 10.0 Å². The third-order valence-corrected chi connectivity index (χ3v) is 4.83. The van der Waals surface area contributed by atoms with E-state index in [0.717, 1.165) is 37.8 Å². The summed E-state index contributed by atoms with van der Waals surface area (Å²) in [6, 6.07) is 1.73. The van der Waals surface area contributed by atoms with Gasteiger partial charge in [0.05, 0.1) is 10.6 Å². The second kappa shape index (κ2) is 6.29. The summed E-state index contributed by atoms with van der Waals surface area (Å²) in [5.74, 6) is -1.38. The highest BCUT2D eigenvalue weighted by atomic mass is 35.5. The number of carbonyl (C=O) groups is 1. The van der Waals surface area contributed by atoms with Crippen molar-refractivity contribution in [3.8, 4) is 0 Å². The molecule has 1 aromatic rings. The van der Waals surface area contributed by atoms with Gasteiger partial charge in [-0.15, -0.1) is 0 Å². The molecule has 1 heterocycles. The Labute approximate surface area is 127 Å². The van der Waals surface area contributed by atoms with Gasteiger partial charge in [-0.3, -0.25) is 4.79 Å². The molecule has 0 atom stereocenters. The molecule has 1 amide bonds. The molecule has 0 spiro atoms. The van der Waals surface area contributed by atoms with Crippen LogP contribution >= 0.6 is 11.6 Å². The number of likely N-dealkylation sites (tertiary alicyclic amines) is 1. The van der Waals surface area contributed by atoms with Gasteiger partial charge < -0.3 is 4.90 Å². The van der Waals surface area contributed by atoms with Crippen molar-refractivity contribution in [3.05, 3.63) is 28.5 Å². The van der Waals surface area contributed by atoms with Crippen LogP contribution in [0.25, 0.3) is 0 Å². The van der Waals surface area contributed by atoms with Gasteiger partial charge in [0.25, 0.3) is 5.91 Å². The lowest BCUT2D eigenvalue weighted by Crippen LogP contribution is -2.32. The highest BCUT2D eigenvalue weighted by molar-refractivity contribution is 7.89. The Bertz CT molecular complexity index is 656. The van der Waals surface area contributed by atoms with E-state index < -0.39 is 26.6 Å². The Morgan fingerprint density at radius 2 is 1.76 bits per heavy atom. The molecule has 0 saturated carbocycles. The number of rotatable bonds is 2. The highest BCUT2D eigenvalue weighted by Gasteiger charge is 2.24. The quantitative estimate of drug-likeness (QED) is 0.899. The van der Waals surface area contributed by atoms with E-state index in [1.165, 1.54) is 4.90 Å². The zero-order valence-electron chi connectivity index (χ0n) is 11.3. The summed E-state index contributed by atoms with van der Waals surface area (Å²) in [6.45, 7) is 1.07. The Morgan fingerprint density at radius 1 is 1.19 bits per heavy atom. The molecule has 0 unspecified atom stereocenters. The van der Waals surface area contributed by atoms with Crippen molar-refractivity contribution in [2.45, 2.75) is 30.6 Å². The largest absolute Gasteiger partial charge is 0.339 e. The van der Waals surface area contributed by atoms with Crippen LogP contribution in [0.3, 0.4) is 0 Å². The van der Waals surface area contributed by atoms with Crippen molar-refractivity contribution in [2.75, 3.05) is 13.1 Å². The Hall–Kier alpha value is -1.18. The molecule has 116 valence electrons. The molecule has 8 heteroatoms. The Balaban J connectivity index is 2.40. The summed E-state index contributed by atoms with van der Waals surface area (Å²) in [7, 11) is -4.11. The van der Waals surface area contributed by atoms with Gasteiger partial charge in [0, 0.05) is 13.1 Å². The maximum absolute atomic E-state index is 14.0. The van der Waals surface area contributed by atoms with Gasteiger partial charge in [-0.25, -0.2) is 17.9 Å². The number of carbonyl (C=O) groups excluding carboxylic acids is 1. The molecule has 0 bridgehead atoms. The van der Waals surface area contributed by atoms with Crippen LogP contribution in [0, 0.1) is 5.82 Å². The fourth-order valence-corrected chi connectivity index (χ4v) is 3.44. The highest BCUT2D eigenvalue weighted by Crippen LogP contribution is 2.25. The number of primary sulfonamides is 1. The number of hydrogen-bond donors (Lipinski definition) is 1. The van der Waals surface area contributed by atoms with Gasteiger partial charge >= 0.3 is 0 Å². The fraction of sp³-hybridized carbons (Fsp3) is 0.462. The Kier molecular flexibility index (Phi) is 4.85. The normalized spacial score (nSPS) is 16.6. The van der Waals surface area contributed by atoms with Crippen molar-refractivity contribution in [1.82, 2.24) is 4.90 Å². The first-order valence-corrected chi connectivity index (χ1v) is 8.54. The van der Waals surface area contributed by atoms with Gasteiger partial charge in [-0.2, -0.15) is 0 Å². The van der Waals surface area contributed by atoms with E-state index >= 15 is 0 Å². The third kappa shape index (κ3) is 3.72. The summed E-state index contributed by atoms with van der Waals surface area (Å²) in [5.41, 5.74) is -0.315. The minimum absolute atomic E-state index is 0.315. The molecule has 1 aliphatic rings. The van der Waals surface area contributed by atoms with Crippen LogP contribution in [0.1, 0.15) is 36.0 Å². The lowest BCUT2D eigenvalue weighted by Gasteiger charge is -2.21. The molecule has 1 aliphatic heterocycles. The number of halogens is 2. The maximum atomic E-state index is 14.0. The number of benzene rings is 1. The van der Waals surface area contributed by atoms with Gasteiger partial charge in [0.15, 0.2) is 0 Å². The smallest absolute Gasteiger partial charge is 0.256 e. The molecule has 1 fully saturated rings. The first-order chi connectivity index (χ1) is 9.80. The molecule has 1 aromatic carbocycles. The number of hydrogen-bond acceptors (Lipinski definition) is 3. The molecule has 5 nitrogen and oxygen atoms in total. The van der Waals surface area contributed by atoms with E-state index in [-0.39, 0.29) is 10.6 Å². The molecule has 21 heavy (non-hydrogen) atoms. The second-order valence-corrected chi connectivity index (χ2v) is 6.95. The van der Waals surface area contributed by atoms with E-state index in [9.17, 15) is 17.6 Å². The van der Waals surface area contributed by atoms with Gasteiger partial charge in [-0.1, -0.05) is 24.4 Å². The van der Waals surface area contributed by atoms with Crippen LogP contribution in [-0.2, 0) is 10.0 Å². The first-order valence-electron chi connectivity index (χ1n) is 6.62. The second-order valence-electron chi connectivity index (χ2n) is 5.01. The van der Waals surface area contributed by atoms with E-state index in [1.807, 2.05) is 0 Å². The van der Waals surface area contributed by atoms with Crippen molar-refractivity contribution in [2.24, 2.45) is 5.14 Å². The van der Waals surface area contributed by atoms with E-state index in [2.05, 4.69) is 0 Å². The predicted octanol–water partition coefficient (Wildman–Crippen LogP) is 2.14. The van der Waals surface area contributed by atoms with Crippen LogP contribution in [0.5, 0.6) is 0 Å². The fourth-order valence-electron chi connectivity index (χ4n) is 2.36. The summed E-state index contributed by atoms with van der Waals surface area (Å²) in [4.78, 5) is 13.5. The molecule has 0 radical (unpaired) electrons. The molecular weight excluding hydrogens is 319 g/mol. The minimum Gasteiger partial charge on any atom is -0.339 e. The van der Waals surface area contributed by atoms with E-state index in [0.29, 0.717) is 13.1 Å². The summed E-state index contributed by atoms with van der Waals surface area (Å²) >= 11 is 5.68. The maximum Gasteiger partial charge on any atom is 0.256 e. The van der Waals surface area contributed by atoms with Crippen LogP contribution in [0.2, 0.25) is 5.02 Å². The predicted molar refractivity (Wildman–Crippen MR) is 77.2 cm³/mol. The SMILES string of the molecule is NS(=O)(=O)c1cc(C(=O)N2CCCCCC2)c(F)cc1Cl. The van der Waals surface area contributed by atoms with Crippen molar-refractivity contribution in [1.29, 1.82) is 0 Å². The number of nitrogens with zero attached hydrogens (tertiary/aromatic N) is 1. The zero-order chi connectivity index (χ0) is 15.6. The third-order valence-electron chi connectivity index (χ3n) is 3.45. The number of amides is 1. The average molecular weight is 335 g/mol. The Morgan fingerprint density at radius 3 is 2.29 bits per heavy atom. The van der Waals surface area contributed by atoms with Crippen LogP contribution in [0.15, 0.2) is 17.0 Å². The van der Waals surface area contributed by atoms with E-state index in [4.69, 9.17) is 16.7 Å². The molecular formula is C13H16ClFN2O3S. The topological polar surface area (TPSA) is 80.5 Å². The molecule has 2 rings (SSSR count). The summed E-state index contributed by atoms with van der Waals surface area (Å²) < 4.78 is 36.8. The lowest BCUT2D eigenvalue weighted by atomic mass is 10.1. The first kappa shape index (κ1) is 16.2. The van der Waals surface area contributed by atoms with E-state index in [1.54, 1.807) is 0 Å². The summed E-state index contributed by atoms with van der Waals surface area (Å²) in [6.07, 6.45) is 3.75. The van der Waals surface area contributed by atoms with Crippen molar-refractivity contribution in [3.63, 3.8) is 0 Å². The minimum atomic E-state index is -4.11. The van der Waals surface area contributed by atoms with Crippen LogP contribution in [-0.4, -0.2) is 32.3 Å². The molecule has 0 aliphatic carbocycles. The summed E-state index contributed by atoms with van der Waals surface area (Å²) in [5, 5.41) is 4.69. The monoisotopic (exact) mass is 334 g/mol. The standard InChI is InChI=1S/C13H16ClFN2O3S/c14-10-8-11(15)9(7-12(10)21(16,19)20)13(18)17-5-3-1-2-4-6-17/h7-8H,1-6H2,(H2,16,19,20). The number of sulfonamides is 1. The molecule has 2 N–H and O–H groups in total. The van der Waals surface area contributed by atoms with Crippen molar-refractivity contribution >= 4 is 27.5 Å². The molecule has 0 aromatic heterocycles. The average Bonchev–Trinajstić information content (AvgIpc) is 2.65. The van der Waals surface area contributed by atoms with Gasteiger partial charge in [-0.05, 0) is 25.0 Å². The van der Waals surface area contributed by atoms with Crippen molar-refractivity contribution < 1.29 is 17.6 Å². The lowest BCUT2D eigenvalue weighted by molar-refractivity contribution is 0.0756. The number of nitrogens with two attached hydrogens (primary N) is 1. The molecule has 1 saturated heterocycles.